The number of likely N-dealkylation sites (N-methyl/N-ethyl adjacent to an activating group) is 2. The molecule has 0 aliphatic heterocycles. The van der Waals surface area contributed by atoms with E-state index < -0.39 is 6.04 Å². The fourth-order valence-electron chi connectivity index (χ4n) is 3.45. The van der Waals surface area contributed by atoms with E-state index in [9.17, 15) is 9.59 Å². The number of carbonyl (C=O) groups is 2. The number of carbonyl (C=O) groups excluding carboxylic acids is 2. The van der Waals surface area contributed by atoms with Crippen molar-refractivity contribution in [3.63, 3.8) is 0 Å². The minimum atomic E-state index is -0.577. The van der Waals surface area contributed by atoms with Gasteiger partial charge < -0.3 is 25.8 Å². The average molecular weight is 545 g/mol. The number of anilines is 3. The van der Waals surface area contributed by atoms with Crippen molar-refractivity contribution in [1.82, 2.24) is 25.1 Å². The number of nitriles is 1. The van der Waals surface area contributed by atoms with Crippen LogP contribution in [0, 0.1) is 30.1 Å². The van der Waals surface area contributed by atoms with Crippen molar-refractivity contribution in [2.45, 2.75) is 46.1 Å². The van der Waals surface area contributed by atoms with Gasteiger partial charge in [-0.15, -0.1) is 0 Å². The number of aryl methyl sites for hydroxylation is 1. The Morgan fingerprint density at radius 2 is 1.95 bits per heavy atom. The van der Waals surface area contributed by atoms with Crippen molar-refractivity contribution in [3.8, 4) is 17.9 Å². The summed E-state index contributed by atoms with van der Waals surface area (Å²) in [7, 11) is 5.46. The quantitative estimate of drug-likeness (QED) is 0.199. The van der Waals surface area contributed by atoms with Crippen LogP contribution in [0.1, 0.15) is 49.8 Å². The molecule has 1 heterocycles. The SMILES string of the molecule is CCCNc1nc(Nc2ccc(C#N)c(C)c2)ncc1C#CCCCNC(=O)[C@H](C)N(C)C(=O)/C=C/CN(C)C. The van der Waals surface area contributed by atoms with Crippen LogP contribution in [0.25, 0.3) is 0 Å². The number of rotatable bonds is 13. The molecular formula is C30H40N8O2. The van der Waals surface area contributed by atoms with Crippen LogP contribution >= 0.6 is 0 Å². The fraction of sp³-hybridized carbons (Fsp3) is 0.433. The lowest BCUT2D eigenvalue weighted by Gasteiger charge is -2.23. The predicted octanol–water partition coefficient (Wildman–Crippen LogP) is 3.43. The second kappa shape index (κ2) is 16.5. The molecule has 0 aliphatic carbocycles. The van der Waals surface area contributed by atoms with E-state index >= 15 is 0 Å². The summed E-state index contributed by atoms with van der Waals surface area (Å²) in [5.74, 6) is 6.93. The number of hydrogen-bond acceptors (Lipinski definition) is 8. The lowest BCUT2D eigenvalue weighted by Crippen LogP contribution is -2.45. The third kappa shape index (κ3) is 10.4. The van der Waals surface area contributed by atoms with Crippen LogP contribution in [0.3, 0.4) is 0 Å². The Morgan fingerprint density at radius 1 is 1.18 bits per heavy atom. The zero-order valence-electron chi connectivity index (χ0n) is 24.3. The van der Waals surface area contributed by atoms with E-state index in [2.05, 4.69) is 50.8 Å². The van der Waals surface area contributed by atoms with Crippen molar-refractivity contribution in [3.05, 3.63) is 53.2 Å². The van der Waals surface area contributed by atoms with Gasteiger partial charge in [-0.1, -0.05) is 24.8 Å². The van der Waals surface area contributed by atoms with Crippen LogP contribution in [0.2, 0.25) is 0 Å². The van der Waals surface area contributed by atoms with E-state index in [0.717, 1.165) is 24.2 Å². The number of aromatic nitrogens is 2. The molecule has 10 heteroatoms. The number of nitrogens with one attached hydrogen (secondary N) is 3. The van der Waals surface area contributed by atoms with Gasteiger partial charge in [0.25, 0.3) is 0 Å². The zero-order valence-corrected chi connectivity index (χ0v) is 24.3. The van der Waals surface area contributed by atoms with E-state index in [-0.39, 0.29) is 11.8 Å². The van der Waals surface area contributed by atoms with Gasteiger partial charge in [0.2, 0.25) is 17.8 Å². The van der Waals surface area contributed by atoms with Crippen molar-refractivity contribution in [1.29, 1.82) is 5.26 Å². The number of hydrogen-bond donors (Lipinski definition) is 3. The minimum absolute atomic E-state index is 0.204. The highest BCUT2D eigenvalue weighted by Crippen LogP contribution is 2.20. The number of unbranched alkanes of at least 4 members (excludes halogenated alkanes) is 1. The lowest BCUT2D eigenvalue weighted by molar-refractivity contribution is -0.135. The van der Waals surface area contributed by atoms with Gasteiger partial charge in [-0.05, 0) is 64.5 Å². The molecule has 1 atom stereocenters. The van der Waals surface area contributed by atoms with Gasteiger partial charge in [0.15, 0.2) is 0 Å². The van der Waals surface area contributed by atoms with Crippen molar-refractivity contribution in [2.75, 3.05) is 51.4 Å². The van der Waals surface area contributed by atoms with Gasteiger partial charge in [-0.3, -0.25) is 9.59 Å². The standard InChI is InChI=1S/C30H40N8O2/c1-7-16-32-28-25(21-34-30(36-28)35-26-15-14-24(20-31)22(2)19-26)12-9-8-10-17-33-29(40)23(3)38(6)27(39)13-11-18-37(4)5/h11,13-15,19,21,23H,7-8,10,16-18H2,1-6H3,(H,33,40)(H2,32,34,35,36)/b13-11+/t23-/m0/s1. The Kier molecular flexibility index (Phi) is 13.1. The third-order valence-electron chi connectivity index (χ3n) is 5.97. The van der Waals surface area contributed by atoms with Crippen LogP contribution < -0.4 is 16.0 Å². The monoisotopic (exact) mass is 544 g/mol. The summed E-state index contributed by atoms with van der Waals surface area (Å²) in [6.45, 7) is 7.52. The second-order valence-corrected chi connectivity index (χ2v) is 9.64. The Hall–Kier alpha value is -4.41. The molecule has 1 aromatic heterocycles. The third-order valence-corrected chi connectivity index (χ3v) is 5.97. The van der Waals surface area contributed by atoms with Crippen molar-refractivity contribution < 1.29 is 9.59 Å². The van der Waals surface area contributed by atoms with Crippen LogP contribution in [-0.4, -0.2) is 78.4 Å². The molecule has 0 bridgehead atoms. The highest BCUT2D eigenvalue weighted by Gasteiger charge is 2.20. The molecule has 0 aliphatic rings. The average Bonchev–Trinajstić information content (AvgIpc) is 2.93. The predicted molar refractivity (Wildman–Crippen MR) is 159 cm³/mol. The molecule has 2 amide bonds. The van der Waals surface area contributed by atoms with Gasteiger partial charge in [-0.25, -0.2) is 4.98 Å². The molecule has 0 saturated heterocycles. The maximum atomic E-state index is 12.5. The minimum Gasteiger partial charge on any atom is -0.369 e. The first kappa shape index (κ1) is 31.8. The van der Waals surface area contributed by atoms with Crippen LogP contribution in [-0.2, 0) is 9.59 Å². The Labute approximate surface area is 237 Å². The molecule has 0 saturated carbocycles. The first-order valence-corrected chi connectivity index (χ1v) is 13.4. The highest BCUT2D eigenvalue weighted by atomic mass is 16.2. The van der Waals surface area contributed by atoms with Crippen LogP contribution in [0.5, 0.6) is 0 Å². The normalized spacial score (nSPS) is 11.3. The smallest absolute Gasteiger partial charge is 0.246 e. The lowest BCUT2D eigenvalue weighted by atomic mass is 10.1. The molecule has 40 heavy (non-hydrogen) atoms. The van der Waals surface area contributed by atoms with E-state index in [1.807, 2.05) is 38.1 Å². The number of amides is 2. The maximum Gasteiger partial charge on any atom is 0.246 e. The van der Waals surface area contributed by atoms with E-state index in [1.165, 1.54) is 11.0 Å². The number of benzene rings is 1. The molecule has 0 radical (unpaired) electrons. The molecule has 10 nitrogen and oxygen atoms in total. The summed E-state index contributed by atoms with van der Waals surface area (Å²) in [6.07, 6.45) is 7.12. The second-order valence-electron chi connectivity index (χ2n) is 9.64. The molecule has 212 valence electrons. The van der Waals surface area contributed by atoms with Gasteiger partial charge in [-0.2, -0.15) is 10.2 Å². The van der Waals surface area contributed by atoms with Crippen molar-refractivity contribution >= 4 is 29.3 Å². The summed E-state index contributed by atoms with van der Waals surface area (Å²) >= 11 is 0. The Morgan fingerprint density at radius 3 is 2.62 bits per heavy atom. The molecule has 2 aromatic rings. The maximum absolute atomic E-state index is 12.5. The van der Waals surface area contributed by atoms with Crippen LogP contribution in [0.15, 0.2) is 36.5 Å². The molecule has 0 fully saturated rings. The summed E-state index contributed by atoms with van der Waals surface area (Å²) in [6, 6.07) is 7.05. The van der Waals surface area contributed by atoms with E-state index in [1.54, 1.807) is 32.3 Å². The first-order chi connectivity index (χ1) is 19.2. The molecule has 0 spiro atoms. The fourth-order valence-corrected chi connectivity index (χ4v) is 3.45. The highest BCUT2D eigenvalue weighted by molar-refractivity contribution is 5.92. The molecule has 3 N–H and O–H groups in total. The zero-order chi connectivity index (χ0) is 29.5. The Balaban J connectivity index is 1.91. The van der Waals surface area contributed by atoms with Gasteiger partial charge in [0, 0.05) is 44.9 Å². The van der Waals surface area contributed by atoms with Crippen LogP contribution in [0.4, 0.5) is 17.5 Å². The van der Waals surface area contributed by atoms with Gasteiger partial charge in [0.1, 0.15) is 11.9 Å². The molecular weight excluding hydrogens is 504 g/mol. The van der Waals surface area contributed by atoms with E-state index in [4.69, 9.17) is 5.26 Å². The largest absolute Gasteiger partial charge is 0.369 e. The molecule has 2 rings (SSSR count). The number of nitrogens with zero attached hydrogens (tertiary/aromatic N) is 5. The van der Waals surface area contributed by atoms with Gasteiger partial charge >= 0.3 is 0 Å². The molecule has 1 aromatic carbocycles. The Bertz CT molecular complexity index is 1290. The van der Waals surface area contributed by atoms with E-state index in [0.29, 0.717) is 48.8 Å². The van der Waals surface area contributed by atoms with Gasteiger partial charge in [0.05, 0.1) is 23.4 Å². The van der Waals surface area contributed by atoms with Crippen molar-refractivity contribution in [2.24, 2.45) is 0 Å². The summed E-state index contributed by atoms with van der Waals surface area (Å²) in [4.78, 5) is 37.1. The topological polar surface area (TPSA) is 126 Å². The summed E-state index contributed by atoms with van der Waals surface area (Å²) < 4.78 is 0. The summed E-state index contributed by atoms with van der Waals surface area (Å²) in [5, 5.41) is 18.5. The summed E-state index contributed by atoms with van der Waals surface area (Å²) in [5.41, 5.74) is 2.99. The first-order valence-electron chi connectivity index (χ1n) is 13.4. The molecule has 0 unspecified atom stereocenters.